The van der Waals surface area contributed by atoms with Crippen molar-refractivity contribution in [3.8, 4) is 0 Å². The van der Waals surface area contributed by atoms with Crippen LogP contribution in [0.3, 0.4) is 0 Å². The molecule has 14 heavy (non-hydrogen) atoms. The standard InChI is InChI=1S/C11H14ClNO/c12-11-7-9(4-5-13-11)10(14)6-8-2-1-3-8/h4-5,7-8,10,14H,1-3,6H2. The van der Waals surface area contributed by atoms with Crippen molar-refractivity contribution in [3.05, 3.63) is 29.0 Å². The van der Waals surface area contributed by atoms with Crippen molar-refractivity contribution in [1.29, 1.82) is 0 Å². The Bertz CT molecular complexity index is 312. The van der Waals surface area contributed by atoms with E-state index in [1.165, 1.54) is 19.3 Å². The second-order valence-corrected chi connectivity index (χ2v) is 4.35. The summed E-state index contributed by atoms with van der Waals surface area (Å²) >= 11 is 5.75. The van der Waals surface area contributed by atoms with Crippen LogP contribution < -0.4 is 0 Å². The normalized spacial score (nSPS) is 19.0. The van der Waals surface area contributed by atoms with Crippen LogP contribution in [-0.4, -0.2) is 10.1 Å². The van der Waals surface area contributed by atoms with E-state index >= 15 is 0 Å². The highest BCUT2D eigenvalue weighted by atomic mass is 35.5. The molecule has 0 saturated heterocycles. The van der Waals surface area contributed by atoms with E-state index in [0.717, 1.165) is 12.0 Å². The maximum Gasteiger partial charge on any atom is 0.129 e. The highest BCUT2D eigenvalue weighted by Gasteiger charge is 2.21. The second-order valence-electron chi connectivity index (χ2n) is 3.96. The zero-order valence-electron chi connectivity index (χ0n) is 7.99. The molecule has 1 fully saturated rings. The molecule has 0 aliphatic heterocycles. The number of pyridine rings is 1. The van der Waals surface area contributed by atoms with Crippen LogP contribution in [0.4, 0.5) is 0 Å². The van der Waals surface area contributed by atoms with Gasteiger partial charge in [0, 0.05) is 6.20 Å². The van der Waals surface area contributed by atoms with Crippen molar-refractivity contribution in [1.82, 2.24) is 4.98 Å². The molecule has 2 rings (SSSR count). The summed E-state index contributed by atoms with van der Waals surface area (Å²) in [5.41, 5.74) is 0.886. The van der Waals surface area contributed by atoms with Gasteiger partial charge < -0.3 is 5.11 Å². The smallest absolute Gasteiger partial charge is 0.129 e. The minimum Gasteiger partial charge on any atom is -0.388 e. The zero-order chi connectivity index (χ0) is 9.97. The maximum atomic E-state index is 9.89. The Morgan fingerprint density at radius 3 is 2.93 bits per heavy atom. The minimum atomic E-state index is -0.374. The van der Waals surface area contributed by atoms with Gasteiger partial charge in [-0.1, -0.05) is 30.9 Å². The van der Waals surface area contributed by atoms with Gasteiger partial charge in [0.1, 0.15) is 5.15 Å². The first-order valence-electron chi connectivity index (χ1n) is 5.05. The van der Waals surface area contributed by atoms with Gasteiger partial charge in [-0.05, 0) is 30.0 Å². The summed E-state index contributed by atoms with van der Waals surface area (Å²) in [6, 6.07) is 3.57. The summed E-state index contributed by atoms with van der Waals surface area (Å²) < 4.78 is 0. The number of nitrogens with zero attached hydrogens (tertiary/aromatic N) is 1. The van der Waals surface area contributed by atoms with E-state index in [0.29, 0.717) is 11.1 Å². The van der Waals surface area contributed by atoms with Gasteiger partial charge in [-0.15, -0.1) is 0 Å². The number of hydrogen-bond acceptors (Lipinski definition) is 2. The van der Waals surface area contributed by atoms with Gasteiger partial charge in [0.2, 0.25) is 0 Å². The van der Waals surface area contributed by atoms with E-state index in [1.807, 2.05) is 6.07 Å². The molecule has 2 nitrogen and oxygen atoms in total. The molecule has 0 amide bonds. The molecule has 0 spiro atoms. The minimum absolute atomic E-state index is 0.374. The van der Waals surface area contributed by atoms with Crippen molar-refractivity contribution in [2.24, 2.45) is 5.92 Å². The lowest BCUT2D eigenvalue weighted by molar-refractivity contribution is 0.118. The van der Waals surface area contributed by atoms with E-state index in [4.69, 9.17) is 11.6 Å². The first-order chi connectivity index (χ1) is 6.75. The van der Waals surface area contributed by atoms with Crippen molar-refractivity contribution >= 4 is 11.6 Å². The van der Waals surface area contributed by atoms with Crippen molar-refractivity contribution in [3.63, 3.8) is 0 Å². The topological polar surface area (TPSA) is 33.1 Å². The molecule has 1 atom stereocenters. The molecule has 1 aromatic rings. The molecule has 1 heterocycles. The Labute approximate surface area is 88.9 Å². The molecule has 1 aromatic heterocycles. The molecule has 0 aromatic carbocycles. The Balaban J connectivity index is 1.98. The summed E-state index contributed by atoms with van der Waals surface area (Å²) in [6.45, 7) is 0. The molecule has 1 N–H and O–H groups in total. The summed E-state index contributed by atoms with van der Waals surface area (Å²) in [5.74, 6) is 0.706. The van der Waals surface area contributed by atoms with E-state index in [9.17, 15) is 5.11 Å². The largest absolute Gasteiger partial charge is 0.388 e. The Kier molecular flexibility index (Phi) is 3.04. The molecule has 1 aliphatic rings. The number of halogens is 1. The van der Waals surface area contributed by atoms with Crippen LogP contribution in [0.25, 0.3) is 0 Å². The van der Waals surface area contributed by atoms with Crippen LogP contribution >= 0.6 is 11.6 Å². The number of aliphatic hydroxyl groups is 1. The highest BCUT2D eigenvalue weighted by molar-refractivity contribution is 6.29. The third kappa shape index (κ3) is 2.25. The number of hydrogen-bond donors (Lipinski definition) is 1. The molecule has 3 heteroatoms. The Hall–Kier alpha value is -0.600. The second kappa shape index (κ2) is 4.28. The Morgan fingerprint density at radius 1 is 1.57 bits per heavy atom. The average Bonchev–Trinajstić information content (AvgIpc) is 2.11. The summed E-state index contributed by atoms with van der Waals surface area (Å²) in [7, 11) is 0. The van der Waals surface area contributed by atoms with Gasteiger partial charge in [-0.3, -0.25) is 0 Å². The quantitative estimate of drug-likeness (QED) is 0.780. The third-order valence-corrected chi connectivity index (χ3v) is 3.12. The monoisotopic (exact) mass is 211 g/mol. The lowest BCUT2D eigenvalue weighted by Gasteiger charge is -2.27. The number of aliphatic hydroxyl groups excluding tert-OH is 1. The fourth-order valence-electron chi connectivity index (χ4n) is 1.81. The molecular weight excluding hydrogens is 198 g/mol. The van der Waals surface area contributed by atoms with E-state index < -0.39 is 0 Å². The van der Waals surface area contributed by atoms with Crippen LogP contribution in [0, 0.1) is 5.92 Å². The van der Waals surface area contributed by atoms with Gasteiger partial charge in [0.15, 0.2) is 0 Å². The van der Waals surface area contributed by atoms with Crippen molar-refractivity contribution < 1.29 is 5.11 Å². The lowest BCUT2D eigenvalue weighted by Crippen LogP contribution is -2.14. The molecule has 1 unspecified atom stereocenters. The maximum absolute atomic E-state index is 9.89. The SMILES string of the molecule is OC(CC1CCC1)c1ccnc(Cl)c1. The molecule has 1 aliphatic carbocycles. The first-order valence-corrected chi connectivity index (χ1v) is 5.43. The van der Waals surface area contributed by atoms with E-state index in [1.54, 1.807) is 12.3 Å². The molecule has 0 radical (unpaired) electrons. The van der Waals surface area contributed by atoms with Gasteiger partial charge >= 0.3 is 0 Å². The Morgan fingerprint density at radius 2 is 2.36 bits per heavy atom. The van der Waals surface area contributed by atoms with E-state index in [2.05, 4.69) is 4.98 Å². The van der Waals surface area contributed by atoms with Gasteiger partial charge in [0.25, 0.3) is 0 Å². The third-order valence-electron chi connectivity index (χ3n) is 2.92. The van der Waals surface area contributed by atoms with Crippen LogP contribution in [0.15, 0.2) is 18.3 Å². The zero-order valence-corrected chi connectivity index (χ0v) is 8.74. The molecule has 1 saturated carbocycles. The first kappa shape index (κ1) is 9.94. The summed E-state index contributed by atoms with van der Waals surface area (Å²) in [6.07, 6.45) is 5.96. The number of rotatable bonds is 3. The van der Waals surface area contributed by atoms with Gasteiger partial charge in [-0.25, -0.2) is 4.98 Å². The highest BCUT2D eigenvalue weighted by Crippen LogP contribution is 2.34. The lowest BCUT2D eigenvalue weighted by atomic mass is 9.80. The fraction of sp³-hybridized carbons (Fsp3) is 0.545. The van der Waals surface area contributed by atoms with Gasteiger partial charge in [-0.2, -0.15) is 0 Å². The van der Waals surface area contributed by atoms with Crippen LogP contribution in [0.2, 0.25) is 5.15 Å². The average molecular weight is 212 g/mol. The van der Waals surface area contributed by atoms with Crippen LogP contribution in [-0.2, 0) is 0 Å². The molecule has 0 bridgehead atoms. The van der Waals surface area contributed by atoms with Crippen LogP contribution in [0.5, 0.6) is 0 Å². The van der Waals surface area contributed by atoms with E-state index in [-0.39, 0.29) is 6.10 Å². The summed E-state index contributed by atoms with van der Waals surface area (Å²) in [4.78, 5) is 3.89. The molecular formula is C11H14ClNO. The summed E-state index contributed by atoms with van der Waals surface area (Å²) in [5, 5.41) is 10.3. The van der Waals surface area contributed by atoms with Crippen LogP contribution in [0.1, 0.15) is 37.4 Å². The number of aromatic nitrogens is 1. The van der Waals surface area contributed by atoms with Crippen molar-refractivity contribution in [2.45, 2.75) is 31.8 Å². The fourth-order valence-corrected chi connectivity index (χ4v) is 1.99. The molecule has 76 valence electrons. The predicted molar refractivity (Wildman–Crippen MR) is 56.2 cm³/mol. The van der Waals surface area contributed by atoms with Crippen molar-refractivity contribution in [2.75, 3.05) is 0 Å². The van der Waals surface area contributed by atoms with Gasteiger partial charge in [0.05, 0.1) is 6.10 Å². The predicted octanol–water partition coefficient (Wildman–Crippen LogP) is 2.96.